The first-order chi connectivity index (χ1) is 8.83. The van der Waals surface area contributed by atoms with Gasteiger partial charge in [-0.3, -0.25) is 0 Å². The number of sulfonamides is 1. The first-order valence-electron chi connectivity index (χ1n) is 5.29. The molecule has 1 aromatic carbocycles. The van der Waals surface area contributed by atoms with E-state index in [-0.39, 0.29) is 13.2 Å². The van der Waals surface area contributed by atoms with Crippen LogP contribution in [-0.4, -0.2) is 40.9 Å². The van der Waals surface area contributed by atoms with E-state index < -0.39 is 16.0 Å². The van der Waals surface area contributed by atoms with Crippen molar-refractivity contribution in [2.24, 2.45) is 0 Å². The summed E-state index contributed by atoms with van der Waals surface area (Å²) in [6.45, 7) is 0.296. The van der Waals surface area contributed by atoms with Crippen molar-refractivity contribution in [2.75, 3.05) is 26.5 Å². The average Bonchev–Trinajstić information content (AvgIpc) is 2.34. The third kappa shape index (κ3) is 5.58. The van der Waals surface area contributed by atoms with E-state index in [1.54, 1.807) is 12.1 Å². The monoisotopic (exact) mass is 351 g/mol. The maximum Gasteiger partial charge on any atom is 0.337 e. The molecule has 0 saturated carbocycles. The first kappa shape index (κ1) is 15.9. The Labute approximate surface area is 120 Å². The molecule has 0 amide bonds. The number of carbonyl (C=O) groups is 1. The number of carbonyl (C=O) groups excluding carboxylic acids is 1. The van der Waals surface area contributed by atoms with Gasteiger partial charge in [-0.2, -0.15) is 0 Å². The molecule has 0 atom stereocenters. The number of hydrogen-bond donors (Lipinski definition) is 1. The van der Waals surface area contributed by atoms with Crippen LogP contribution in [0.2, 0.25) is 0 Å². The van der Waals surface area contributed by atoms with Crippen LogP contribution in [0.3, 0.4) is 0 Å². The molecule has 0 spiro atoms. The standard InChI is InChI=1S/C11H14BrNO5S/c1-17-11(14)8-3-4-9(12)10(7-8)18-6-5-13-19(2,15)16/h3-4,7,13H,5-6H2,1-2H3. The fraction of sp³-hybridized carbons (Fsp3) is 0.364. The molecular formula is C11H14BrNO5S. The highest BCUT2D eigenvalue weighted by atomic mass is 79.9. The minimum atomic E-state index is -3.23. The molecule has 6 nitrogen and oxygen atoms in total. The van der Waals surface area contributed by atoms with E-state index in [9.17, 15) is 13.2 Å². The second-order valence-electron chi connectivity index (χ2n) is 3.65. The van der Waals surface area contributed by atoms with E-state index in [0.29, 0.717) is 15.8 Å². The van der Waals surface area contributed by atoms with Gasteiger partial charge in [0.25, 0.3) is 0 Å². The predicted molar refractivity (Wildman–Crippen MR) is 73.8 cm³/mol. The summed E-state index contributed by atoms with van der Waals surface area (Å²) in [6, 6.07) is 4.78. The molecule has 0 saturated heterocycles. The summed E-state index contributed by atoms with van der Waals surface area (Å²) >= 11 is 3.28. The Balaban J connectivity index is 2.65. The van der Waals surface area contributed by atoms with Crippen LogP contribution in [0.4, 0.5) is 0 Å². The van der Waals surface area contributed by atoms with Gasteiger partial charge in [0, 0.05) is 6.54 Å². The number of esters is 1. The summed E-state index contributed by atoms with van der Waals surface area (Å²) in [7, 11) is -1.94. The van der Waals surface area contributed by atoms with Crippen molar-refractivity contribution in [1.82, 2.24) is 4.72 Å². The molecule has 19 heavy (non-hydrogen) atoms. The summed E-state index contributed by atoms with van der Waals surface area (Å²) in [6.07, 6.45) is 1.07. The highest BCUT2D eigenvalue weighted by Gasteiger charge is 2.09. The van der Waals surface area contributed by atoms with Crippen LogP contribution in [0.25, 0.3) is 0 Å². The molecular weight excluding hydrogens is 338 g/mol. The Morgan fingerprint density at radius 1 is 1.42 bits per heavy atom. The van der Waals surface area contributed by atoms with Crippen molar-refractivity contribution >= 4 is 31.9 Å². The van der Waals surface area contributed by atoms with Gasteiger partial charge in [-0.05, 0) is 34.1 Å². The highest BCUT2D eigenvalue weighted by Crippen LogP contribution is 2.26. The maximum absolute atomic E-state index is 11.4. The molecule has 0 radical (unpaired) electrons. The van der Waals surface area contributed by atoms with Gasteiger partial charge >= 0.3 is 5.97 Å². The van der Waals surface area contributed by atoms with Gasteiger partial charge in [0.05, 0.1) is 23.4 Å². The van der Waals surface area contributed by atoms with Crippen LogP contribution >= 0.6 is 15.9 Å². The zero-order chi connectivity index (χ0) is 14.5. The molecule has 0 fully saturated rings. The smallest absolute Gasteiger partial charge is 0.337 e. The lowest BCUT2D eigenvalue weighted by Gasteiger charge is -2.09. The van der Waals surface area contributed by atoms with Crippen LogP contribution in [0.15, 0.2) is 22.7 Å². The summed E-state index contributed by atoms with van der Waals surface area (Å²) in [5.74, 6) is -0.0233. The van der Waals surface area contributed by atoms with Crippen LogP contribution < -0.4 is 9.46 Å². The van der Waals surface area contributed by atoms with Gasteiger partial charge in [0.2, 0.25) is 10.0 Å². The second-order valence-corrected chi connectivity index (χ2v) is 6.34. The molecule has 0 bridgehead atoms. The molecule has 0 heterocycles. The van der Waals surface area contributed by atoms with Crippen LogP contribution in [0, 0.1) is 0 Å². The molecule has 106 valence electrons. The zero-order valence-electron chi connectivity index (χ0n) is 10.5. The molecule has 0 aliphatic carbocycles. The van der Waals surface area contributed by atoms with Gasteiger partial charge in [-0.15, -0.1) is 0 Å². The fourth-order valence-electron chi connectivity index (χ4n) is 1.25. The zero-order valence-corrected chi connectivity index (χ0v) is 12.9. The molecule has 0 aliphatic rings. The molecule has 1 aromatic rings. The van der Waals surface area contributed by atoms with Crippen molar-refractivity contribution in [3.05, 3.63) is 28.2 Å². The molecule has 0 aromatic heterocycles. The Morgan fingerprint density at radius 2 is 2.11 bits per heavy atom. The summed E-state index contributed by atoms with van der Waals surface area (Å²) in [5.41, 5.74) is 0.358. The lowest BCUT2D eigenvalue weighted by molar-refractivity contribution is 0.0600. The molecule has 8 heteroatoms. The lowest BCUT2D eigenvalue weighted by atomic mass is 10.2. The quantitative estimate of drug-likeness (QED) is 0.614. The van der Waals surface area contributed by atoms with E-state index in [1.807, 2.05) is 0 Å². The van der Waals surface area contributed by atoms with E-state index in [0.717, 1.165) is 6.26 Å². The van der Waals surface area contributed by atoms with Gasteiger partial charge in [-0.1, -0.05) is 0 Å². The summed E-state index contributed by atoms with van der Waals surface area (Å²) in [4.78, 5) is 11.4. The van der Waals surface area contributed by atoms with Crippen LogP contribution in [0.1, 0.15) is 10.4 Å². The largest absolute Gasteiger partial charge is 0.491 e. The number of methoxy groups -OCH3 is 1. The second kappa shape index (κ2) is 6.88. The SMILES string of the molecule is COC(=O)c1ccc(Br)c(OCCNS(C)(=O)=O)c1. The third-order valence-corrected chi connectivity index (χ3v) is 3.46. The number of halogens is 1. The van der Waals surface area contributed by atoms with Gasteiger partial charge in [0.15, 0.2) is 0 Å². The van der Waals surface area contributed by atoms with E-state index in [4.69, 9.17) is 4.74 Å². The number of nitrogens with one attached hydrogen (secondary N) is 1. The van der Waals surface area contributed by atoms with Gasteiger partial charge in [-0.25, -0.2) is 17.9 Å². The Kier molecular flexibility index (Phi) is 5.77. The Hall–Kier alpha value is -1.12. The average molecular weight is 352 g/mol. The van der Waals surface area contributed by atoms with Crippen molar-refractivity contribution in [1.29, 1.82) is 0 Å². The van der Waals surface area contributed by atoms with Crippen molar-refractivity contribution in [3.63, 3.8) is 0 Å². The minimum Gasteiger partial charge on any atom is -0.491 e. The number of benzene rings is 1. The fourth-order valence-corrected chi connectivity index (χ4v) is 2.06. The number of ether oxygens (including phenoxy) is 2. The normalized spacial score (nSPS) is 11.1. The predicted octanol–water partition coefficient (Wildman–Crippen LogP) is 1.16. The molecule has 0 aliphatic heterocycles. The van der Waals surface area contributed by atoms with E-state index >= 15 is 0 Å². The number of rotatable bonds is 6. The van der Waals surface area contributed by atoms with E-state index in [1.165, 1.54) is 13.2 Å². The van der Waals surface area contributed by atoms with Crippen molar-refractivity contribution < 1.29 is 22.7 Å². The lowest BCUT2D eigenvalue weighted by Crippen LogP contribution is -2.26. The van der Waals surface area contributed by atoms with Crippen LogP contribution in [0.5, 0.6) is 5.75 Å². The maximum atomic E-state index is 11.4. The van der Waals surface area contributed by atoms with Gasteiger partial charge in [0.1, 0.15) is 12.4 Å². The summed E-state index contributed by atoms with van der Waals surface area (Å²) < 4.78 is 34.7. The first-order valence-corrected chi connectivity index (χ1v) is 7.97. The Morgan fingerprint density at radius 3 is 2.68 bits per heavy atom. The highest BCUT2D eigenvalue weighted by molar-refractivity contribution is 9.10. The minimum absolute atomic E-state index is 0.147. The Bertz CT molecular complexity index is 558. The number of hydrogen-bond acceptors (Lipinski definition) is 5. The van der Waals surface area contributed by atoms with Gasteiger partial charge < -0.3 is 9.47 Å². The summed E-state index contributed by atoms with van der Waals surface area (Å²) in [5, 5.41) is 0. The van der Waals surface area contributed by atoms with Crippen molar-refractivity contribution in [2.45, 2.75) is 0 Å². The molecule has 1 rings (SSSR count). The third-order valence-electron chi connectivity index (χ3n) is 2.08. The van der Waals surface area contributed by atoms with Crippen molar-refractivity contribution in [3.8, 4) is 5.75 Å². The molecule has 1 N–H and O–H groups in total. The van der Waals surface area contributed by atoms with Crippen LogP contribution in [-0.2, 0) is 14.8 Å². The molecule has 0 unspecified atom stereocenters. The van der Waals surface area contributed by atoms with E-state index in [2.05, 4.69) is 25.4 Å². The topological polar surface area (TPSA) is 81.7 Å².